The van der Waals surface area contributed by atoms with Crippen molar-refractivity contribution in [2.24, 2.45) is 5.84 Å². The first kappa shape index (κ1) is 12.3. The van der Waals surface area contributed by atoms with E-state index in [4.69, 9.17) is 5.84 Å². The first-order chi connectivity index (χ1) is 8.79. The van der Waals surface area contributed by atoms with Crippen molar-refractivity contribution < 1.29 is 0 Å². The summed E-state index contributed by atoms with van der Waals surface area (Å²) in [7, 11) is 0. The van der Waals surface area contributed by atoms with E-state index in [1.165, 1.54) is 0 Å². The summed E-state index contributed by atoms with van der Waals surface area (Å²) in [4.78, 5) is 12.3. The number of aryl methyl sites for hydroxylation is 2. The number of nitrogens with two attached hydrogens (primary N) is 1. The molecule has 18 heavy (non-hydrogen) atoms. The maximum absolute atomic E-state index is 5.27. The van der Waals surface area contributed by atoms with E-state index < -0.39 is 0 Å². The van der Waals surface area contributed by atoms with Gasteiger partial charge in [-0.2, -0.15) is 4.98 Å². The van der Waals surface area contributed by atoms with Gasteiger partial charge >= 0.3 is 0 Å². The van der Waals surface area contributed by atoms with Crippen LogP contribution in [0.15, 0.2) is 24.9 Å². The van der Waals surface area contributed by atoms with Crippen LogP contribution in [-0.2, 0) is 6.54 Å². The molecule has 2 aromatic heterocycles. The summed E-state index contributed by atoms with van der Waals surface area (Å²) in [6, 6.07) is 0. The molecule has 0 radical (unpaired) electrons. The Labute approximate surface area is 105 Å². The minimum atomic E-state index is 0.415. The average Bonchev–Trinajstić information content (AvgIpc) is 2.89. The lowest BCUT2D eigenvalue weighted by Gasteiger charge is -2.09. The molecular formula is C11H17N7. The lowest BCUT2D eigenvalue weighted by Crippen LogP contribution is -2.13. The second-order valence-electron chi connectivity index (χ2n) is 3.95. The minimum absolute atomic E-state index is 0.415. The van der Waals surface area contributed by atoms with E-state index in [-0.39, 0.29) is 0 Å². The monoisotopic (exact) mass is 247 g/mol. The third-order valence-electron chi connectivity index (χ3n) is 2.55. The molecule has 2 rings (SSSR count). The van der Waals surface area contributed by atoms with Gasteiger partial charge in [0.05, 0.1) is 6.33 Å². The summed E-state index contributed by atoms with van der Waals surface area (Å²) >= 11 is 0. The molecule has 0 aliphatic carbocycles. The molecule has 2 aromatic rings. The molecule has 0 unspecified atom stereocenters. The zero-order valence-corrected chi connectivity index (χ0v) is 10.3. The van der Waals surface area contributed by atoms with Crippen molar-refractivity contribution in [1.29, 1.82) is 0 Å². The van der Waals surface area contributed by atoms with Gasteiger partial charge in [-0.15, -0.1) is 0 Å². The number of aromatic nitrogens is 4. The zero-order valence-electron chi connectivity index (χ0n) is 10.3. The van der Waals surface area contributed by atoms with Crippen LogP contribution in [0.4, 0.5) is 11.8 Å². The molecule has 7 nitrogen and oxygen atoms in total. The summed E-state index contributed by atoms with van der Waals surface area (Å²) in [5, 5.41) is 3.27. The summed E-state index contributed by atoms with van der Waals surface area (Å²) in [6.07, 6.45) is 8.27. The Balaban J connectivity index is 1.82. The first-order valence-corrected chi connectivity index (χ1v) is 5.79. The zero-order chi connectivity index (χ0) is 12.8. The lowest BCUT2D eigenvalue weighted by atomic mass is 10.3. The number of hydrogen-bond donors (Lipinski definition) is 3. The number of anilines is 2. The normalized spacial score (nSPS) is 10.3. The molecule has 4 N–H and O–H groups in total. The van der Waals surface area contributed by atoms with Crippen molar-refractivity contribution in [2.75, 3.05) is 17.3 Å². The molecule has 0 atom stereocenters. The third-order valence-corrected chi connectivity index (χ3v) is 2.55. The minimum Gasteiger partial charge on any atom is -0.370 e. The van der Waals surface area contributed by atoms with Crippen LogP contribution in [0.2, 0.25) is 0 Å². The van der Waals surface area contributed by atoms with Gasteiger partial charge in [0, 0.05) is 37.2 Å². The van der Waals surface area contributed by atoms with E-state index in [1.54, 1.807) is 12.4 Å². The van der Waals surface area contributed by atoms with E-state index in [9.17, 15) is 0 Å². The largest absolute Gasteiger partial charge is 0.370 e. The van der Waals surface area contributed by atoms with Crippen LogP contribution in [0.3, 0.4) is 0 Å². The van der Waals surface area contributed by atoms with Crippen LogP contribution < -0.4 is 16.6 Å². The summed E-state index contributed by atoms with van der Waals surface area (Å²) in [5.74, 6) is 6.50. The second-order valence-corrected chi connectivity index (χ2v) is 3.95. The fourth-order valence-electron chi connectivity index (χ4n) is 1.58. The SMILES string of the molecule is Cc1cnc(NN)nc1NCCCn1ccnc1. The topological polar surface area (TPSA) is 93.7 Å². The van der Waals surface area contributed by atoms with Crippen LogP contribution in [0, 0.1) is 6.92 Å². The van der Waals surface area contributed by atoms with Gasteiger partial charge in [-0.3, -0.25) is 5.43 Å². The predicted molar refractivity (Wildman–Crippen MR) is 69.9 cm³/mol. The van der Waals surface area contributed by atoms with Gasteiger partial charge < -0.3 is 9.88 Å². The van der Waals surface area contributed by atoms with Crippen LogP contribution in [0.1, 0.15) is 12.0 Å². The molecular weight excluding hydrogens is 230 g/mol. The van der Waals surface area contributed by atoms with Gasteiger partial charge in [0.2, 0.25) is 5.95 Å². The maximum atomic E-state index is 5.27. The van der Waals surface area contributed by atoms with Crippen LogP contribution in [0.5, 0.6) is 0 Å². The van der Waals surface area contributed by atoms with E-state index in [2.05, 4.69) is 25.7 Å². The van der Waals surface area contributed by atoms with E-state index >= 15 is 0 Å². The lowest BCUT2D eigenvalue weighted by molar-refractivity contribution is 0.660. The fraction of sp³-hybridized carbons (Fsp3) is 0.364. The van der Waals surface area contributed by atoms with Gasteiger partial charge in [0.25, 0.3) is 0 Å². The molecule has 2 heterocycles. The molecule has 0 saturated carbocycles. The van der Waals surface area contributed by atoms with Gasteiger partial charge in [-0.25, -0.2) is 15.8 Å². The van der Waals surface area contributed by atoms with Crippen molar-refractivity contribution in [3.8, 4) is 0 Å². The van der Waals surface area contributed by atoms with Crippen molar-refractivity contribution in [3.05, 3.63) is 30.5 Å². The first-order valence-electron chi connectivity index (χ1n) is 5.79. The molecule has 0 aromatic carbocycles. The highest BCUT2D eigenvalue weighted by atomic mass is 15.3. The Morgan fingerprint density at radius 1 is 1.44 bits per heavy atom. The molecule has 0 bridgehead atoms. The molecule has 7 heteroatoms. The quantitative estimate of drug-likeness (QED) is 0.396. The Bertz CT molecular complexity index is 480. The molecule has 0 aliphatic rings. The number of imidazole rings is 1. The maximum Gasteiger partial charge on any atom is 0.239 e. The third kappa shape index (κ3) is 3.17. The highest BCUT2D eigenvalue weighted by molar-refractivity contribution is 5.45. The van der Waals surface area contributed by atoms with E-state index in [0.29, 0.717) is 5.95 Å². The second kappa shape index (κ2) is 5.97. The van der Waals surface area contributed by atoms with Crippen LogP contribution in [-0.4, -0.2) is 26.1 Å². The molecule has 0 fully saturated rings. The summed E-state index contributed by atoms with van der Waals surface area (Å²) in [6.45, 7) is 3.72. The van der Waals surface area contributed by atoms with Crippen LogP contribution in [0.25, 0.3) is 0 Å². The van der Waals surface area contributed by atoms with Gasteiger partial charge in [0.15, 0.2) is 0 Å². The van der Waals surface area contributed by atoms with E-state index in [1.807, 2.05) is 24.0 Å². The predicted octanol–water partition coefficient (Wildman–Crippen LogP) is 0.769. The molecule has 0 spiro atoms. The highest BCUT2D eigenvalue weighted by Crippen LogP contribution is 2.11. The number of hydrogen-bond acceptors (Lipinski definition) is 6. The van der Waals surface area contributed by atoms with Crippen molar-refractivity contribution in [3.63, 3.8) is 0 Å². The van der Waals surface area contributed by atoms with Crippen molar-refractivity contribution in [1.82, 2.24) is 19.5 Å². The Morgan fingerprint density at radius 2 is 2.33 bits per heavy atom. The Morgan fingerprint density at radius 3 is 3.06 bits per heavy atom. The number of nitrogens with one attached hydrogen (secondary N) is 2. The molecule has 0 saturated heterocycles. The van der Waals surface area contributed by atoms with Gasteiger partial charge in [-0.05, 0) is 13.3 Å². The summed E-state index contributed by atoms with van der Waals surface area (Å²) < 4.78 is 2.04. The summed E-state index contributed by atoms with van der Waals surface area (Å²) in [5.41, 5.74) is 3.43. The number of hydrazine groups is 1. The van der Waals surface area contributed by atoms with Crippen LogP contribution >= 0.6 is 0 Å². The van der Waals surface area contributed by atoms with Gasteiger partial charge in [-0.1, -0.05) is 0 Å². The fourth-order valence-corrected chi connectivity index (χ4v) is 1.58. The van der Waals surface area contributed by atoms with Gasteiger partial charge in [0.1, 0.15) is 5.82 Å². The number of nitrogen functional groups attached to an aromatic ring is 1. The van der Waals surface area contributed by atoms with Crippen molar-refractivity contribution in [2.45, 2.75) is 19.9 Å². The smallest absolute Gasteiger partial charge is 0.239 e. The number of nitrogens with zero attached hydrogens (tertiary/aromatic N) is 4. The van der Waals surface area contributed by atoms with Crippen molar-refractivity contribution >= 4 is 11.8 Å². The average molecular weight is 247 g/mol. The number of rotatable bonds is 6. The standard InChI is InChI=1S/C11H17N7/c1-9-7-15-11(17-12)16-10(9)14-3-2-5-18-6-4-13-8-18/h4,6-8H,2-3,5,12H2,1H3,(H2,14,15,16,17). The molecule has 96 valence electrons. The Hall–Kier alpha value is -2.15. The highest BCUT2D eigenvalue weighted by Gasteiger charge is 2.02. The Kier molecular flexibility index (Phi) is 4.08. The molecule has 0 amide bonds. The van der Waals surface area contributed by atoms with E-state index in [0.717, 1.165) is 30.9 Å². The molecule has 0 aliphatic heterocycles.